The molecular weight excluding hydrogens is 277 g/mol. The van der Waals surface area contributed by atoms with E-state index in [4.69, 9.17) is 5.11 Å². The van der Waals surface area contributed by atoms with Crippen molar-refractivity contribution in [2.24, 2.45) is 0 Å². The van der Waals surface area contributed by atoms with Crippen LogP contribution in [-0.4, -0.2) is 35.4 Å². The second kappa shape index (κ2) is 6.58. The first kappa shape index (κ1) is 16.3. The maximum absolute atomic E-state index is 12.6. The highest BCUT2D eigenvalue weighted by molar-refractivity contribution is 5.92. The molecule has 1 amide bonds. The Morgan fingerprint density at radius 2 is 2.00 bits per heavy atom. The van der Waals surface area contributed by atoms with Gasteiger partial charge in [-0.3, -0.25) is 4.79 Å². The largest absolute Gasteiger partial charge is 0.416 e. The van der Waals surface area contributed by atoms with Gasteiger partial charge in [-0.15, -0.1) is 0 Å². The third-order valence-electron chi connectivity index (χ3n) is 2.40. The highest BCUT2D eigenvalue weighted by Crippen LogP contribution is 2.34. The summed E-state index contributed by atoms with van der Waals surface area (Å²) in [6, 6.07) is 2.80. The Kier molecular flexibility index (Phi) is 5.34. The van der Waals surface area contributed by atoms with Gasteiger partial charge in [0.05, 0.1) is 29.6 Å². The fourth-order valence-electron chi connectivity index (χ4n) is 1.46. The summed E-state index contributed by atoms with van der Waals surface area (Å²) in [5, 5.41) is 22.8. The molecule has 0 aliphatic rings. The van der Waals surface area contributed by atoms with Gasteiger partial charge < -0.3 is 20.8 Å². The normalized spacial score (nSPS) is 12.9. The molecule has 1 aromatic carbocycles. The van der Waals surface area contributed by atoms with Crippen LogP contribution in [0.15, 0.2) is 18.2 Å². The van der Waals surface area contributed by atoms with E-state index in [-0.39, 0.29) is 17.9 Å². The molecule has 0 saturated carbocycles. The average Bonchev–Trinajstić information content (AvgIpc) is 2.35. The van der Waals surface area contributed by atoms with Gasteiger partial charge in [-0.2, -0.15) is 13.2 Å². The number of halogens is 3. The molecule has 0 aromatic heterocycles. The highest BCUT2D eigenvalue weighted by atomic mass is 19.4. The molecule has 1 rings (SSSR count). The van der Waals surface area contributed by atoms with Crippen molar-refractivity contribution in [2.45, 2.75) is 19.2 Å². The molecule has 20 heavy (non-hydrogen) atoms. The van der Waals surface area contributed by atoms with Crippen molar-refractivity contribution in [3.8, 4) is 0 Å². The minimum absolute atomic E-state index is 0.0162. The second-order valence-electron chi connectivity index (χ2n) is 4.16. The van der Waals surface area contributed by atoms with Crippen molar-refractivity contribution in [3.63, 3.8) is 0 Å². The number of anilines is 2. The van der Waals surface area contributed by atoms with E-state index in [9.17, 15) is 23.1 Å². The molecule has 0 radical (unpaired) electrons. The minimum atomic E-state index is -4.51. The number of aliphatic hydroxyl groups excluding tert-OH is 2. The minimum Gasteiger partial charge on any atom is -0.394 e. The fraction of sp³-hybridized carbons (Fsp3) is 0.417. The lowest BCUT2D eigenvalue weighted by molar-refractivity contribution is -0.137. The molecule has 0 fully saturated rings. The Bertz CT molecular complexity index is 478. The third-order valence-corrected chi connectivity index (χ3v) is 2.40. The summed E-state index contributed by atoms with van der Waals surface area (Å²) >= 11 is 0. The first-order valence-electron chi connectivity index (χ1n) is 5.75. The van der Waals surface area contributed by atoms with Crippen molar-refractivity contribution in [2.75, 3.05) is 23.8 Å². The maximum atomic E-state index is 12.6. The van der Waals surface area contributed by atoms with Crippen LogP contribution in [0.1, 0.15) is 12.5 Å². The van der Waals surface area contributed by atoms with E-state index in [1.165, 1.54) is 6.92 Å². The molecule has 1 atom stereocenters. The SMILES string of the molecule is CC(=O)Nc1ccc(C(F)(F)F)cc1NCC(O)CO. The third kappa shape index (κ3) is 4.71. The van der Waals surface area contributed by atoms with Gasteiger partial charge in [0, 0.05) is 13.5 Å². The number of aliphatic hydroxyl groups is 2. The van der Waals surface area contributed by atoms with E-state index in [2.05, 4.69) is 10.6 Å². The number of nitrogens with one attached hydrogen (secondary N) is 2. The molecule has 1 aromatic rings. The zero-order chi connectivity index (χ0) is 15.3. The molecule has 0 aliphatic carbocycles. The van der Waals surface area contributed by atoms with Crippen LogP contribution in [-0.2, 0) is 11.0 Å². The molecule has 0 saturated heterocycles. The molecule has 5 nitrogen and oxygen atoms in total. The van der Waals surface area contributed by atoms with E-state index < -0.39 is 30.4 Å². The van der Waals surface area contributed by atoms with Crippen LogP contribution in [0, 0.1) is 0 Å². The molecular formula is C12H15F3N2O3. The van der Waals surface area contributed by atoms with Crippen LogP contribution in [0.25, 0.3) is 0 Å². The smallest absolute Gasteiger partial charge is 0.394 e. The number of hydrogen-bond donors (Lipinski definition) is 4. The quantitative estimate of drug-likeness (QED) is 0.662. The Balaban J connectivity index is 3.02. The summed E-state index contributed by atoms with van der Waals surface area (Å²) in [6.07, 6.45) is -5.63. The first-order chi connectivity index (χ1) is 9.24. The van der Waals surface area contributed by atoms with Gasteiger partial charge >= 0.3 is 6.18 Å². The van der Waals surface area contributed by atoms with E-state index >= 15 is 0 Å². The Morgan fingerprint density at radius 3 is 2.50 bits per heavy atom. The van der Waals surface area contributed by atoms with Crippen molar-refractivity contribution < 1.29 is 28.2 Å². The first-order valence-corrected chi connectivity index (χ1v) is 5.75. The van der Waals surface area contributed by atoms with Crippen LogP contribution in [0.4, 0.5) is 24.5 Å². The van der Waals surface area contributed by atoms with Crippen LogP contribution >= 0.6 is 0 Å². The topological polar surface area (TPSA) is 81.6 Å². The molecule has 0 heterocycles. The molecule has 0 aliphatic heterocycles. The molecule has 1 unspecified atom stereocenters. The predicted molar refractivity (Wildman–Crippen MR) is 67.3 cm³/mol. The van der Waals surface area contributed by atoms with Gasteiger partial charge in [0.1, 0.15) is 0 Å². The zero-order valence-electron chi connectivity index (χ0n) is 10.7. The number of benzene rings is 1. The highest BCUT2D eigenvalue weighted by Gasteiger charge is 2.31. The van der Waals surface area contributed by atoms with Crippen molar-refractivity contribution >= 4 is 17.3 Å². The predicted octanol–water partition coefficient (Wildman–Crippen LogP) is 1.43. The molecule has 4 N–H and O–H groups in total. The van der Waals surface area contributed by atoms with Crippen molar-refractivity contribution in [1.82, 2.24) is 0 Å². The Labute approximate surface area is 113 Å². The van der Waals surface area contributed by atoms with Gasteiger partial charge in [-0.25, -0.2) is 0 Å². The van der Waals surface area contributed by atoms with E-state index in [1.54, 1.807) is 0 Å². The van der Waals surface area contributed by atoms with E-state index in [1.807, 2.05) is 0 Å². The van der Waals surface area contributed by atoms with Crippen molar-refractivity contribution in [1.29, 1.82) is 0 Å². The van der Waals surface area contributed by atoms with Crippen molar-refractivity contribution in [3.05, 3.63) is 23.8 Å². The lowest BCUT2D eigenvalue weighted by atomic mass is 10.1. The fourth-order valence-corrected chi connectivity index (χ4v) is 1.46. The van der Waals surface area contributed by atoms with Gasteiger partial charge in [0.15, 0.2) is 0 Å². The summed E-state index contributed by atoms with van der Waals surface area (Å²) in [4.78, 5) is 11.0. The van der Waals surface area contributed by atoms with E-state index in [0.717, 1.165) is 18.2 Å². The number of amides is 1. The van der Waals surface area contributed by atoms with Gasteiger partial charge in [0.2, 0.25) is 5.91 Å². The molecule has 8 heteroatoms. The van der Waals surface area contributed by atoms with Crippen LogP contribution < -0.4 is 10.6 Å². The zero-order valence-corrected chi connectivity index (χ0v) is 10.7. The maximum Gasteiger partial charge on any atom is 0.416 e. The molecule has 0 bridgehead atoms. The van der Waals surface area contributed by atoms with Crippen LogP contribution in [0.5, 0.6) is 0 Å². The monoisotopic (exact) mass is 292 g/mol. The summed E-state index contributed by atoms with van der Waals surface area (Å²) in [6.45, 7) is 0.551. The summed E-state index contributed by atoms with van der Waals surface area (Å²) in [5.74, 6) is -0.435. The Hall–Kier alpha value is -1.80. The summed E-state index contributed by atoms with van der Waals surface area (Å²) in [7, 11) is 0. The average molecular weight is 292 g/mol. The number of carbonyl (C=O) groups excluding carboxylic acids is 1. The number of rotatable bonds is 5. The van der Waals surface area contributed by atoms with Crippen LogP contribution in [0.2, 0.25) is 0 Å². The summed E-state index contributed by atoms with van der Waals surface area (Å²) in [5.41, 5.74) is -0.703. The second-order valence-corrected chi connectivity index (χ2v) is 4.16. The van der Waals surface area contributed by atoms with Gasteiger partial charge in [-0.05, 0) is 18.2 Å². The number of hydrogen-bond acceptors (Lipinski definition) is 4. The van der Waals surface area contributed by atoms with E-state index in [0.29, 0.717) is 0 Å². The number of alkyl halides is 3. The van der Waals surface area contributed by atoms with Crippen LogP contribution in [0.3, 0.4) is 0 Å². The lowest BCUT2D eigenvalue weighted by Gasteiger charge is -2.16. The number of carbonyl (C=O) groups is 1. The Morgan fingerprint density at radius 1 is 1.35 bits per heavy atom. The lowest BCUT2D eigenvalue weighted by Crippen LogP contribution is -2.24. The van der Waals surface area contributed by atoms with Gasteiger partial charge in [-0.1, -0.05) is 0 Å². The van der Waals surface area contributed by atoms with Gasteiger partial charge in [0.25, 0.3) is 0 Å². The molecule has 112 valence electrons. The standard InChI is InChI=1S/C12H15F3N2O3/c1-7(19)17-10-3-2-8(12(13,14)15)4-11(10)16-5-9(20)6-18/h2-4,9,16,18,20H,5-6H2,1H3,(H,17,19). The molecule has 0 spiro atoms. The summed E-state index contributed by atoms with van der Waals surface area (Å²) < 4.78 is 37.9.